The summed E-state index contributed by atoms with van der Waals surface area (Å²) in [5, 5.41) is 0. The van der Waals surface area contributed by atoms with Crippen molar-refractivity contribution in [1.82, 2.24) is 4.90 Å². The fourth-order valence-electron chi connectivity index (χ4n) is 5.38. The van der Waals surface area contributed by atoms with Gasteiger partial charge in [0.1, 0.15) is 6.10 Å². The number of nitrogens with zero attached hydrogens (tertiary/aromatic N) is 1. The van der Waals surface area contributed by atoms with Crippen molar-refractivity contribution < 1.29 is 18.8 Å². The van der Waals surface area contributed by atoms with Crippen molar-refractivity contribution >= 4 is 18.5 Å². The maximum absolute atomic E-state index is 12.6. The summed E-state index contributed by atoms with van der Waals surface area (Å²) in [6.07, 6.45) is 5.17. The van der Waals surface area contributed by atoms with Gasteiger partial charge >= 0.3 is 7.12 Å². The molecule has 1 aromatic carbocycles. The topological polar surface area (TPSA) is 48.0 Å². The van der Waals surface area contributed by atoms with Crippen molar-refractivity contribution in [2.45, 2.75) is 83.0 Å². The largest absolute Gasteiger partial charge is 0.494 e. The molecular weight excluding hydrogens is 377 g/mol. The van der Waals surface area contributed by atoms with Gasteiger partial charge in [-0.05, 0) is 82.2 Å². The average molecular weight is 411 g/mol. The second-order valence-corrected chi connectivity index (χ2v) is 10.7. The second kappa shape index (κ2) is 7.08. The highest BCUT2D eigenvalue weighted by Crippen LogP contribution is 2.64. The predicted molar refractivity (Wildman–Crippen MR) is 117 cm³/mol. The molecule has 0 bridgehead atoms. The first kappa shape index (κ1) is 20.5. The van der Waals surface area contributed by atoms with E-state index < -0.39 is 0 Å². The van der Waals surface area contributed by atoms with E-state index in [1.807, 2.05) is 4.90 Å². The molecule has 6 heteroatoms. The molecule has 4 aliphatic rings. The van der Waals surface area contributed by atoms with Gasteiger partial charge in [-0.3, -0.25) is 4.79 Å². The highest BCUT2D eigenvalue weighted by atomic mass is 16.7. The van der Waals surface area contributed by atoms with Gasteiger partial charge in [-0.25, -0.2) is 0 Å². The quantitative estimate of drug-likeness (QED) is 0.717. The third kappa shape index (κ3) is 3.41. The molecular formula is C24H34BNO4. The number of hydrogen-bond donors (Lipinski definition) is 0. The molecule has 5 rings (SSSR count). The molecule has 1 aliphatic carbocycles. The molecule has 2 atom stereocenters. The molecule has 1 spiro atoms. The summed E-state index contributed by atoms with van der Waals surface area (Å²) in [5.74, 6) is 0.830. The van der Waals surface area contributed by atoms with E-state index in [1.165, 1.54) is 12.0 Å². The zero-order valence-electron chi connectivity index (χ0n) is 18.8. The number of rotatable bonds is 3. The van der Waals surface area contributed by atoms with Crippen LogP contribution in [0.15, 0.2) is 24.3 Å². The number of piperidine rings is 1. The van der Waals surface area contributed by atoms with Crippen LogP contribution in [0.4, 0.5) is 0 Å². The van der Waals surface area contributed by atoms with Crippen LogP contribution in [0.1, 0.15) is 71.3 Å². The van der Waals surface area contributed by atoms with Crippen LogP contribution in [-0.2, 0) is 18.8 Å². The lowest BCUT2D eigenvalue weighted by atomic mass is 9.78. The van der Waals surface area contributed by atoms with E-state index >= 15 is 0 Å². The van der Waals surface area contributed by atoms with Gasteiger partial charge in [-0.1, -0.05) is 24.3 Å². The first-order valence-electron chi connectivity index (χ1n) is 11.6. The molecule has 3 aliphatic heterocycles. The number of ether oxygens (including phenoxy) is 1. The van der Waals surface area contributed by atoms with Crippen molar-refractivity contribution in [3.8, 4) is 0 Å². The van der Waals surface area contributed by atoms with Gasteiger partial charge in [-0.15, -0.1) is 0 Å². The third-order valence-electron chi connectivity index (χ3n) is 8.33. The normalized spacial score (nSPS) is 31.3. The van der Waals surface area contributed by atoms with E-state index in [4.69, 9.17) is 14.0 Å². The molecule has 3 heterocycles. The highest BCUT2D eigenvalue weighted by molar-refractivity contribution is 6.62. The van der Waals surface area contributed by atoms with Gasteiger partial charge < -0.3 is 18.9 Å². The summed E-state index contributed by atoms with van der Waals surface area (Å²) < 4.78 is 18.0. The Hall–Kier alpha value is -1.37. The van der Waals surface area contributed by atoms with Gasteiger partial charge in [0.25, 0.3) is 5.91 Å². The number of likely N-dealkylation sites (tertiary alicyclic amines) is 1. The van der Waals surface area contributed by atoms with Crippen molar-refractivity contribution in [3.63, 3.8) is 0 Å². The minimum atomic E-state index is -0.314. The monoisotopic (exact) mass is 411 g/mol. The minimum Gasteiger partial charge on any atom is -0.399 e. The molecule has 1 aromatic rings. The van der Waals surface area contributed by atoms with E-state index in [1.54, 1.807) is 0 Å². The van der Waals surface area contributed by atoms with Crippen molar-refractivity contribution in [2.24, 2.45) is 5.41 Å². The fraction of sp³-hybridized carbons (Fsp3) is 0.708. The fourth-order valence-corrected chi connectivity index (χ4v) is 5.38. The van der Waals surface area contributed by atoms with Crippen LogP contribution in [0.3, 0.4) is 0 Å². The zero-order valence-corrected chi connectivity index (χ0v) is 18.8. The Morgan fingerprint density at radius 3 is 2.23 bits per heavy atom. The highest BCUT2D eigenvalue weighted by Gasteiger charge is 2.56. The predicted octanol–water partition coefficient (Wildman–Crippen LogP) is 3.26. The Morgan fingerprint density at radius 2 is 1.67 bits per heavy atom. The molecule has 162 valence electrons. The molecule has 0 aromatic heterocycles. The molecule has 4 fully saturated rings. The van der Waals surface area contributed by atoms with E-state index in [0.717, 1.165) is 50.8 Å². The van der Waals surface area contributed by atoms with E-state index in [-0.39, 0.29) is 30.3 Å². The van der Waals surface area contributed by atoms with Crippen LogP contribution < -0.4 is 5.46 Å². The number of hydrogen-bond acceptors (Lipinski definition) is 4. The standard InChI is InChI=1S/C24H34BNO4/c1-22(2)23(3,4)30-25(29-22)18-9-7-17(8-10-18)19-16-24(19)11-13-26(14-12-24)21(27)20-6-5-15-28-20/h7-10,19-20H,5-6,11-16H2,1-4H3/t19-,20+/m0/s1. The number of amides is 1. The summed E-state index contributed by atoms with van der Waals surface area (Å²) in [6.45, 7) is 10.8. The zero-order chi connectivity index (χ0) is 21.1. The molecule has 0 unspecified atom stereocenters. The molecule has 0 radical (unpaired) electrons. The molecule has 3 saturated heterocycles. The Labute approximate surface area is 180 Å². The molecule has 1 amide bonds. The maximum Gasteiger partial charge on any atom is 0.494 e. The lowest BCUT2D eigenvalue weighted by molar-refractivity contribution is -0.142. The van der Waals surface area contributed by atoms with Crippen molar-refractivity contribution in [2.75, 3.05) is 19.7 Å². The third-order valence-corrected chi connectivity index (χ3v) is 8.33. The molecule has 1 saturated carbocycles. The summed E-state index contributed by atoms with van der Waals surface area (Å²) in [5.41, 5.74) is 2.26. The number of carbonyl (C=O) groups excluding carboxylic acids is 1. The Balaban J connectivity index is 1.19. The second-order valence-electron chi connectivity index (χ2n) is 10.7. The lowest BCUT2D eigenvalue weighted by Gasteiger charge is -2.34. The SMILES string of the molecule is CC1(C)OB(c2ccc([C@@H]3CC34CCN(C(=O)[C@H]3CCCO3)CC4)cc2)OC1(C)C. The van der Waals surface area contributed by atoms with Gasteiger partial charge in [0, 0.05) is 19.7 Å². The van der Waals surface area contributed by atoms with Crippen LogP contribution in [0.25, 0.3) is 0 Å². The lowest BCUT2D eigenvalue weighted by Crippen LogP contribution is -2.44. The molecule has 30 heavy (non-hydrogen) atoms. The molecule has 0 N–H and O–H groups in total. The first-order valence-corrected chi connectivity index (χ1v) is 11.6. The first-order chi connectivity index (χ1) is 14.2. The van der Waals surface area contributed by atoms with Crippen LogP contribution in [-0.4, -0.2) is 54.9 Å². The smallest absolute Gasteiger partial charge is 0.399 e. The Morgan fingerprint density at radius 1 is 1.03 bits per heavy atom. The van der Waals surface area contributed by atoms with E-state index in [9.17, 15) is 4.79 Å². The van der Waals surface area contributed by atoms with Crippen molar-refractivity contribution in [1.29, 1.82) is 0 Å². The Kier molecular flexibility index (Phi) is 4.84. The summed E-state index contributed by atoms with van der Waals surface area (Å²) in [4.78, 5) is 14.7. The summed E-state index contributed by atoms with van der Waals surface area (Å²) in [6, 6.07) is 8.84. The minimum absolute atomic E-state index is 0.184. The van der Waals surface area contributed by atoms with E-state index in [2.05, 4.69) is 52.0 Å². The van der Waals surface area contributed by atoms with Crippen LogP contribution in [0, 0.1) is 5.41 Å². The van der Waals surface area contributed by atoms with Crippen molar-refractivity contribution in [3.05, 3.63) is 29.8 Å². The van der Waals surface area contributed by atoms with E-state index in [0.29, 0.717) is 11.3 Å². The summed E-state index contributed by atoms with van der Waals surface area (Å²) in [7, 11) is -0.302. The van der Waals surface area contributed by atoms with Crippen LogP contribution in [0.5, 0.6) is 0 Å². The van der Waals surface area contributed by atoms with Gasteiger partial charge in [0.15, 0.2) is 0 Å². The van der Waals surface area contributed by atoms with Gasteiger partial charge in [-0.2, -0.15) is 0 Å². The van der Waals surface area contributed by atoms with Crippen LogP contribution in [0.2, 0.25) is 0 Å². The van der Waals surface area contributed by atoms with Gasteiger partial charge in [0.2, 0.25) is 0 Å². The Bertz CT molecular complexity index is 791. The number of benzene rings is 1. The summed E-state index contributed by atoms with van der Waals surface area (Å²) >= 11 is 0. The van der Waals surface area contributed by atoms with Gasteiger partial charge in [0.05, 0.1) is 11.2 Å². The molecule has 5 nitrogen and oxygen atoms in total. The average Bonchev–Trinajstić information content (AvgIpc) is 3.06. The van der Waals surface area contributed by atoms with Crippen LogP contribution >= 0.6 is 0 Å². The maximum atomic E-state index is 12.6. The number of carbonyl (C=O) groups is 1.